The van der Waals surface area contributed by atoms with Crippen LogP contribution in [0, 0.1) is 0 Å². The summed E-state index contributed by atoms with van der Waals surface area (Å²) in [6, 6.07) is 6.95. The molecule has 0 radical (unpaired) electrons. The average molecular weight is 305 g/mol. The highest BCUT2D eigenvalue weighted by atomic mass is 16.7. The Morgan fingerprint density at radius 3 is 2.77 bits per heavy atom. The van der Waals surface area contributed by atoms with E-state index in [0.29, 0.717) is 25.7 Å². The van der Waals surface area contributed by atoms with Gasteiger partial charge in [-0.05, 0) is 50.3 Å². The number of benzene rings is 1. The molecule has 2 heterocycles. The second-order valence-corrected chi connectivity index (χ2v) is 6.54. The Morgan fingerprint density at radius 1 is 1.27 bits per heavy atom. The molecule has 1 aromatic rings. The number of anilines is 1. The van der Waals surface area contributed by atoms with Crippen LogP contribution >= 0.6 is 0 Å². The molecule has 1 aromatic carbocycles. The molecule has 0 aliphatic carbocycles. The highest BCUT2D eigenvalue weighted by Crippen LogP contribution is 2.32. The highest BCUT2D eigenvalue weighted by Gasteiger charge is 2.22. The lowest BCUT2D eigenvalue weighted by Crippen LogP contribution is -2.35. The van der Waals surface area contributed by atoms with Gasteiger partial charge in [-0.25, -0.2) is 0 Å². The Balaban J connectivity index is 1.67. The molecule has 0 aromatic heterocycles. The summed E-state index contributed by atoms with van der Waals surface area (Å²) in [5.74, 6) is 0. The SMILES string of the molecule is CC(C)N1CCCc2cc(C(O)CCC3OCCO3)ccc21. The first-order chi connectivity index (χ1) is 10.6. The smallest absolute Gasteiger partial charge is 0.157 e. The van der Waals surface area contributed by atoms with E-state index in [1.807, 2.05) is 0 Å². The van der Waals surface area contributed by atoms with Gasteiger partial charge < -0.3 is 19.5 Å². The number of aliphatic hydroxyl groups is 1. The molecule has 4 nitrogen and oxygen atoms in total. The predicted octanol–water partition coefficient (Wildman–Crippen LogP) is 3.03. The van der Waals surface area contributed by atoms with Crippen molar-refractivity contribution >= 4 is 5.69 Å². The molecule has 122 valence electrons. The van der Waals surface area contributed by atoms with Crippen LogP contribution < -0.4 is 4.90 Å². The molecular weight excluding hydrogens is 278 g/mol. The summed E-state index contributed by atoms with van der Waals surface area (Å²) in [5, 5.41) is 10.4. The topological polar surface area (TPSA) is 41.9 Å². The molecule has 1 atom stereocenters. The summed E-state index contributed by atoms with van der Waals surface area (Å²) in [7, 11) is 0. The molecule has 4 heteroatoms. The molecule has 2 aliphatic rings. The van der Waals surface area contributed by atoms with Crippen molar-refractivity contribution < 1.29 is 14.6 Å². The maximum atomic E-state index is 10.4. The van der Waals surface area contributed by atoms with Crippen LogP contribution in [-0.2, 0) is 15.9 Å². The van der Waals surface area contributed by atoms with Crippen molar-refractivity contribution in [1.82, 2.24) is 0 Å². The lowest BCUT2D eigenvalue weighted by molar-refractivity contribution is -0.0542. The van der Waals surface area contributed by atoms with Crippen LogP contribution in [0.3, 0.4) is 0 Å². The second-order valence-electron chi connectivity index (χ2n) is 6.54. The third-order valence-electron chi connectivity index (χ3n) is 4.63. The van der Waals surface area contributed by atoms with Gasteiger partial charge in [-0.1, -0.05) is 12.1 Å². The van der Waals surface area contributed by atoms with Crippen LogP contribution in [0.25, 0.3) is 0 Å². The molecule has 22 heavy (non-hydrogen) atoms. The van der Waals surface area contributed by atoms with Gasteiger partial charge in [-0.15, -0.1) is 0 Å². The van der Waals surface area contributed by atoms with Crippen LogP contribution in [0.2, 0.25) is 0 Å². The average Bonchev–Trinajstić information content (AvgIpc) is 3.04. The van der Waals surface area contributed by atoms with Crippen LogP contribution in [0.15, 0.2) is 18.2 Å². The monoisotopic (exact) mass is 305 g/mol. The van der Waals surface area contributed by atoms with E-state index >= 15 is 0 Å². The van der Waals surface area contributed by atoms with Crippen LogP contribution in [0.1, 0.15) is 50.3 Å². The Hall–Kier alpha value is -1.10. The van der Waals surface area contributed by atoms with Crippen molar-refractivity contribution in [3.8, 4) is 0 Å². The highest BCUT2D eigenvalue weighted by molar-refractivity contribution is 5.57. The van der Waals surface area contributed by atoms with Gasteiger partial charge in [0.25, 0.3) is 0 Å². The number of aryl methyl sites for hydroxylation is 1. The number of fused-ring (bicyclic) bond motifs is 1. The van der Waals surface area contributed by atoms with E-state index in [-0.39, 0.29) is 6.29 Å². The van der Waals surface area contributed by atoms with Gasteiger partial charge in [0, 0.05) is 24.7 Å². The Bertz CT molecular complexity index is 497. The van der Waals surface area contributed by atoms with Gasteiger partial charge in [-0.2, -0.15) is 0 Å². The maximum Gasteiger partial charge on any atom is 0.157 e. The third-order valence-corrected chi connectivity index (χ3v) is 4.63. The van der Waals surface area contributed by atoms with Crippen molar-refractivity contribution in [3.63, 3.8) is 0 Å². The van der Waals surface area contributed by atoms with Crippen molar-refractivity contribution in [3.05, 3.63) is 29.3 Å². The van der Waals surface area contributed by atoms with Crippen LogP contribution in [-0.4, -0.2) is 37.2 Å². The number of ether oxygens (including phenoxy) is 2. The molecule has 0 spiro atoms. The maximum absolute atomic E-state index is 10.4. The molecule has 0 saturated carbocycles. The van der Waals surface area contributed by atoms with E-state index in [1.165, 1.54) is 17.7 Å². The first-order valence-electron chi connectivity index (χ1n) is 8.46. The molecule has 0 bridgehead atoms. The summed E-state index contributed by atoms with van der Waals surface area (Å²) in [6.07, 6.45) is 3.15. The molecule has 1 N–H and O–H groups in total. The quantitative estimate of drug-likeness (QED) is 0.908. The number of hydrogen-bond donors (Lipinski definition) is 1. The molecule has 2 aliphatic heterocycles. The number of hydrogen-bond acceptors (Lipinski definition) is 4. The summed E-state index contributed by atoms with van der Waals surface area (Å²) in [4.78, 5) is 2.45. The molecule has 1 unspecified atom stereocenters. The first kappa shape index (κ1) is 15.8. The zero-order valence-corrected chi connectivity index (χ0v) is 13.6. The number of aliphatic hydroxyl groups excluding tert-OH is 1. The molecular formula is C18H27NO3. The minimum absolute atomic E-state index is 0.135. The van der Waals surface area contributed by atoms with Gasteiger partial charge in [0.05, 0.1) is 19.3 Å². The fourth-order valence-electron chi connectivity index (χ4n) is 3.42. The number of nitrogens with zero attached hydrogens (tertiary/aromatic N) is 1. The minimum atomic E-state index is -0.437. The van der Waals surface area contributed by atoms with E-state index in [0.717, 1.165) is 24.9 Å². The van der Waals surface area contributed by atoms with Crippen LogP contribution in [0.4, 0.5) is 5.69 Å². The van der Waals surface area contributed by atoms with Crippen molar-refractivity contribution in [2.24, 2.45) is 0 Å². The normalized spacial score (nSPS) is 20.5. The van der Waals surface area contributed by atoms with Gasteiger partial charge in [0.1, 0.15) is 0 Å². The van der Waals surface area contributed by atoms with E-state index in [2.05, 4.69) is 36.9 Å². The van der Waals surface area contributed by atoms with E-state index in [9.17, 15) is 5.11 Å². The van der Waals surface area contributed by atoms with E-state index < -0.39 is 6.10 Å². The largest absolute Gasteiger partial charge is 0.388 e. The summed E-state index contributed by atoms with van der Waals surface area (Å²) in [5.41, 5.74) is 3.71. The molecule has 3 rings (SSSR count). The third kappa shape index (κ3) is 3.45. The predicted molar refractivity (Wildman–Crippen MR) is 87.1 cm³/mol. The van der Waals surface area contributed by atoms with Gasteiger partial charge >= 0.3 is 0 Å². The van der Waals surface area contributed by atoms with E-state index in [4.69, 9.17) is 9.47 Å². The molecule has 1 saturated heterocycles. The summed E-state index contributed by atoms with van der Waals surface area (Å²) >= 11 is 0. The Labute approximate surface area is 133 Å². The van der Waals surface area contributed by atoms with Crippen molar-refractivity contribution in [2.75, 3.05) is 24.7 Å². The second kappa shape index (κ2) is 6.99. The number of rotatable bonds is 5. The Morgan fingerprint density at radius 2 is 2.05 bits per heavy atom. The molecule has 0 amide bonds. The lowest BCUT2D eigenvalue weighted by atomic mass is 9.95. The minimum Gasteiger partial charge on any atom is -0.388 e. The Kier molecular flexibility index (Phi) is 5.01. The van der Waals surface area contributed by atoms with Gasteiger partial charge in [0.2, 0.25) is 0 Å². The first-order valence-corrected chi connectivity index (χ1v) is 8.46. The van der Waals surface area contributed by atoms with E-state index in [1.54, 1.807) is 0 Å². The lowest BCUT2D eigenvalue weighted by Gasteiger charge is -2.35. The standard InChI is InChI=1S/C18H27NO3/c1-13(2)19-9-3-4-14-12-15(5-6-16(14)19)17(20)7-8-18-21-10-11-22-18/h5-6,12-13,17-18,20H,3-4,7-11H2,1-2H3. The van der Waals surface area contributed by atoms with Crippen LogP contribution in [0.5, 0.6) is 0 Å². The van der Waals surface area contributed by atoms with Gasteiger partial charge in [0.15, 0.2) is 6.29 Å². The zero-order chi connectivity index (χ0) is 15.5. The fourth-order valence-corrected chi connectivity index (χ4v) is 3.42. The summed E-state index contributed by atoms with van der Waals surface area (Å²) < 4.78 is 10.9. The van der Waals surface area contributed by atoms with Crippen molar-refractivity contribution in [2.45, 2.75) is 58.0 Å². The summed E-state index contributed by atoms with van der Waals surface area (Å²) in [6.45, 7) is 6.94. The fraction of sp³-hybridized carbons (Fsp3) is 0.667. The van der Waals surface area contributed by atoms with Gasteiger partial charge in [-0.3, -0.25) is 0 Å². The van der Waals surface area contributed by atoms with Crippen molar-refractivity contribution in [1.29, 1.82) is 0 Å². The zero-order valence-electron chi connectivity index (χ0n) is 13.6. The molecule has 1 fully saturated rings.